The van der Waals surface area contributed by atoms with Gasteiger partial charge in [-0.2, -0.15) is 4.31 Å². The summed E-state index contributed by atoms with van der Waals surface area (Å²) in [5.74, 6) is -1.10. The molecule has 1 saturated heterocycles. The molecular formula is C11H22N2O4S. The number of hydrogen-bond acceptors (Lipinski definition) is 5. The summed E-state index contributed by atoms with van der Waals surface area (Å²) in [6.45, 7) is 4.57. The van der Waals surface area contributed by atoms with Crippen LogP contribution in [0.3, 0.4) is 0 Å². The van der Waals surface area contributed by atoms with E-state index in [1.807, 2.05) is 6.92 Å². The fraction of sp³-hybridized carbons (Fsp3) is 0.909. The van der Waals surface area contributed by atoms with E-state index in [4.69, 9.17) is 5.73 Å². The van der Waals surface area contributed by atoms with Gasteiger partial charge in [-0.25, -0.2) is 8.42 Å². The molecule has 106 valence electrons. The third-order valence-corrected chi connectivity index (χ3v) is 5.04. The Labute approximate surface area is 109 Å². The largest absolute Gasteiger partial charge is 0.465 e. The Kier molecular flexibility index (Phi) is 5.55. The number of sulfonamides is 1. The van der Waals surface area contributed by atoms with Crippen LogP contribution in [0.15, 0.2) is 0 Å². The Morgan fingerprint density at radius 1 is 1.44 bits per heavy atom. The minimum Gasteiger partial charge on any atom is -0.465 e. The molecule has 7 heteroatoms. The summed E-state index contributed by atoms with van der Waals surface area (Å²) in [5.41, 5.74) is 5.59. The highest BCUT2D eigenvalue weighted by molar-refractivity contribution is 7.89. The van der Waals surface area contributed by atoms with Crippen molar-refractivity contribution in [3.63, 3.8) is 0 Å². The molecule has 0 radical (unpaired) electrons. The smallest absolute Gasteiger partial charge is 0.322 e. The van der Waals surface area contributed by atoms with Crippen LogP contribution in [0, 0.1) is 5.92 Å². The minimum atomic E-state index is -3.59. The van der Waals surface area contributed by atoms with Gasteiger partial charge in [0.1, 0.15) is 0 Å². The van der Waals surface area contributed by atoms with Gasteiger partial charge in [0.15, 0.2) is 5.75 Å². The summed E-state index contributed by atoms with van der Waals surface area (Å²) in [5, 5.41) is 0. The molecule has 1 rings (SSSR count). The summed E-state index contributed by atoms with van der Waals surface area (Å²) in [4.78, 5) is 11.3. The Balaban J connectivity index is 2.73. The van der Waals surface area contributed by atoms with Crippen molar-refractivity contribution in [2.45, 2.75) is 32.7 Å². The molecule has 1 fully saturated rings. The first kappa shape index (κ1) is 15.4. The van der Waals surface area contributed by atoms with Crippen LogP contribution >= 0.6 is 0 Å². The number of hydrogen-bond donors (Lipinski definition) is 1. The zero-order valence-corrected chi connectivity index (χ0v) is 11.8. The second-order valence-corrected chi connectivity index (χ2v) is 6.58. The fourth-order valence-corrected chi connectivity index (χ4v) is 3.80. The van der Waals surface area contributed by atoms with Gasteiger partial charge in [-0.05, 0) is 39.2 Å². The molecular weight excluding hydrogens is 256 g/mol. The Morgan fingerprint density at radius 3 is 2.67 bits per heavy atom. The van der Waals surface area contributed by atoms with Crippen LogP contribution < -0.4 is 5.73 Å². The second-order valence-electron chi connectivity index (χ2n) is 4.66. The second kappa shape index (κ2) is 6.49. The van der Waals surface area contributed by atoms with Crippen molar-refractivity contribution in [1.29, 1.82) is 0 Å². The van der Waals surface area contributed by atoms with Crippen molar-refractivity contribution >= 4 is 16.0 Å². The van der Waals surface area contributed by atoms with Crippen molar-refractivity contribution in [2.24, 2.45) is 11.7 Å². The molecule has 0 spiro atoms. The molecule has 0 amide bonds. The predicted octanol–water partition coefficient (Wildman–Crippen LogP) is -0.0615. The Bertz CT molecular complexity index is 383. The normalized spacial score (nSPS) is 25.9. The van der Waals surface area contributed by atoms with Crippen molar-refractivity contribution in [3.8, 4) is 0 Å². The minimum absolute atomic E-state index is 0.0766. The molecule has 0 saturated carbocycles. The van der Waals surface area contributed by atoms with Crippen LogP contribution in [0.4, 0.5) is 0 Å². The van der Waals surface area contributed by atoms with Crippen LogP contribution in [0.2, 0.25) is 0 Å². The van der Waals surface area contributed by atoms with E-state index in [0.717, 1.165) is 12.8 Å². The molecule has 0 aromatic heterocycles. The summed E-state index contributed by atoms with van der Waals surface area (Å²) < 4.78 is 30.3. The lowest BCUT2D eigenvalue weighted by molar-refractivity contribution is -0.140. The van der Waals surface area contributed by atoms with Crippen LogP contribution in [0.25, 0.3) is 0 Å². The summed E-state index contributed by atoms with van der Waals surface area (Å²) in [7, 11) is -3.59. The van der Waals surface area contributed by atoms with Crippen LogP contribution in [0.5, 0.6) is 0 Å². The lowest BCUT2D eigenvalue weighted by atomic mass is 9.96. The first-order chi connectivity index (χ1) is 8.40. The first-order valence-electron chi connectivity index (χ1n) is 6.26. The SMILES string of the molecule is CCOC(=O)CS(=O)(=O)N1CC(CN)CCC1C. The lowest BCUT2D eigenvalue weighted by Crippen LogP contribution is -2.48. The number of piperidine rings is 1. The zero-order valence-electron chi connectivity index (χ0n) is 11.0. The highest BCUT2D eigenvalue weighted by atomic mass is 32.2. The molecule has 6 nitrogen and oxygen atoms in total. The quantitative estimate of drug-likeness (QED) is 0.711. The van der Waals surface area contributed by atoms with Crippen molar-refractivity contribution in [3.05, 3.63) is 0 Å². The highest BCUT2D eigenvalue weighted by Crippen LogP contribution is 2.24. The van der Waals surface area contributed by atoms with E-state index >= 15 is 0 Å². The topological polar surface area (TPSA) is 89.7 Å². The summed E-state index contributed by atoms with van der Waals surface area (Å²) >= 11 is 0. The van der Waals surface area contributed by atoms with Gasteiger partial charge in [-0.1, -0.05) is 0 Å². The number of rotatable bonds is 5. The molecule has 0 aromatic rings. The number of carbonyl (C=O) groups excluding carboxylic acids is 1. The monoisotopic (exact) mass is 278 g/mol. The standard InChI is InChI=1S/C11H22N2O4S/c1-3-17-11(14)8-18(15,16)13-7-10(6-12)5-4-9(13)2/h9-10H,3-8,12H2,1-2H3. The summed E-state index contributed by atoms with van der Waals surface area (Å²) in [6, 6.07) is -0.0766. The molecule has 0 aliphatic carbocycles. The van der Waals surface area contributed by atoms with E-state index in [0.29, 0.717) is 13.1 Å². The Hall–Kier alpha value is -0.660. The Morgan fingerprint density at radius 2 is 2.11 bits per heavy atom. The molecule has 1 heterocycles. The van der Waals surface area contributed by atoms with E-state index in [-0.39, 0.29) is 18.6 Å². The van der Waals surface area contributed by atoms with Gasteiger partial charge in [-0.3, -0.25) is 4.79 Å². The predicted molar refractivity (Wildman–Crippen MR) is 68.4 cm³/mol. The third-order valence-electron chi connectivity index (χ3n) is 3.22. The third kappa shape index (κ3) is 3.93. The number of nitrogens with zero attached hydrogens (tertiary/aromatic N) is 1. The van der Waals surface area contributed by atoms with Gasteiger partial charge in [0.2, 0.25) is 10.0 Å². The fourth-order valence-electron chi connectivity index (χ4n) is 2.16. The molecule has 1 aliphatic rings. The van der Waals surface area contributed by atoms with Gasteiger partial charge in [0.25, 0.3) is 0 Å². The van der Waals surface area contributed by atoms with Crippen LogP contribution in [0.1, 0.15) is 26.7 Å². The molecule has 2 atom stereocenters. The molecule has 0 bridgehead atoms. The molecule has 18 heavy (non-hydrogen) atoms. The summed E-state index contributed by atoms with van der Waals surface area (Å²) in [6.07, 6.45) is 1.72. The van der Waals surface area contributed by atoms with E-state index in [1.54, 1.807) is 6.92 Å². The van der Waals surface area contributed by atoms with Crippen LogP contribution in [-0.2, 0) is 19.6 Å². The zero-order chi connectivity index (χ0) is 13.8. The maximum absolute atomic E-state index is 12.1. The van der Waals surface area contributed by atoms with Gasteiger partial charge >= 0.3 is 5.97 Å². The molecule has 2 unspecified atom stereocenters. The first-order valence-corrected chi connectivity index (χ1v) is 7.86. The number of ether oxygens (including phenoxy) is 1. The molecule has 1 aliphatic heterocycles. The number of nitrogens with two attached hydrogens (primary N) is 1. The number of esters is 1. The average molecular weight is 278 g/mol. The van der Waals surface area contributed by atoms with Gasteiger partial charge in [0, 0.05) is 12.6 Å². The van der Waals surface area contributed by atoms with Gasteiger partial charge in [-0.15, -0.1) is 0 Å². The van der Waals surface area contributed by atoms with Crippen molar-refractivity contribution in [2.75, 3.05) is 25.4 Å². The molecule has 0 aromatic carbocycles. The lowest BCUT2D eigenvalue weighted by Gasteiger charge is -2.36. The number of carbonyl (C=O) groups is 1. The van der Waals surface area contributed by atoms with E-state index in [2.05, 4.69) is 4.74 Å². The maximum atomic E-state index is 12.1. The van der Waals surface area contributed by atoms with Crippen LogP contribution in [-0.4, -0.2) is 50.2 Å². The average Bonchev–Trinajstić information content (AvgIpc) is 2.29. The van der Waals surface area contributed by atoms with E-state index in [9.17, 15) is 13.2 Å². The molecule has 2 N–H and O–H groups in total. The van der Waals surface area contributed by atoms with E-state index < -0.39 is 21.7 Å². The van der Waals surface area contributed by atoms with Gasteiger partial charge in [0.05, 0.1) is 6.61 Å². The van der Waals surface area contributed by atoms with Gasteiger partial charge < -0.3 is 10.5 Å². The van der Waals surface area contributed by atoms with Crippen molar-refractivity contribution in [1.82, 2.24) is 4.31 Å². The maximum Gasteiger partial charge on any atom is 0.322 e. The highest BCUT2D eigenvalue weighted by Gasteiger charge is 2.34. The van der Waals surface area contributed by atoms with Crippen molar-refractivity contribution < 1.29 is 17.9 Å². The van der Waals surface area contributed by atoms with E-state index in [1.165, 1.54) is 4.31 Å².